The average Bonchev–Trinajstić information content (AvgIpc) is 3.15. The molecule has 0 bridgehead atoms. The van der Waals surface area contributed by atoms with Gasteiger partial charge < -0.3 is 5.32 Å². The van der Waals surface area contributed by atoms with Crippen molar-refractivity contribution in [2.24, 2.45) is 0 Å². The Balaban J connectivity index is 1.83. The molecule has 4 nitrogen and oxygen atoms in total. The maximum absolute atomic E-state index is 4.42. The zero-order valence-corrected chi connectivity index (χ0v) is 10.8. The summed E-state index contributed by atoms with van der Waals surface area (Å²) in [5.41, 5.74) is 3.48. The minimum atomic E-state index is 0.735. The van der Waals surface area contributed by atoms with E-state index in [9.17, 15) is 0 Å². The van der Waals surface area contributed by atoms with Gasteiger partial charge in [0.15, 0.2) is 0 Å². The predicted molar refractivity (Wildman–Crippen MR) is 70.7 cm³/mol. The number of nitrogens with one attached hydrogen (secondary N) is 1. The van der Waals surface area contributed by atoms with Gasteiger partial charge in [0, 0.05) is 24.5 Å². The van der Waals surface area contributed by atoms with Crippen LogP contribution in [0.1, 0.15) is 29.8 Å². The van der Waals surface area contributed by atoms with Gasteiger partial charge in [-0.2, -0.15) is 0 Å². The first-order valence-corrected chi connectivity index (χ1v) is 6.43. The van der Waals surface area contributed by atoms with Gasteiger partial charge in [0.25, 0.3) is 0 Å². The van der Waals surface area contributed by atoms with E-state index in [2.05, 4.69) is 34.3 Å². The van der Waals surface area contributed by atoms with Crippen LogP contribution >= 0.6 is 0 Å². The lowest BCUT2D eigenvalue weighted by Crippen LogP contribution is -2.15. The maximum Gasteiger partial charge on any atom is 0.138 e. The first kappa shape index (κ1) is 11.4. The Morgan fingerprint density at radius 3 is 2.83 bits per heavy atom. The van der Waals surface area contributed by atoms with Crippen molar-refractivity contribution in [1.29, 1.82) is 0 Å². The zero-order valence-electron chi connectivity index (χ0n) is 10.8. The van der Waals surface area contributed by atoms with Gasteiger partial charge in [-0.3, -0.25) is 4.57 Å². The predicted octanol–water partition coefficient (Wildman–Crippen LogP) is 2.14. The second kappa shape index (κ2) is 4.53. The van der Waals surface area contributed by atoms with Gasteiger partial charge in [-0.1, -0.05) is 0 Å². The van der Waals surface area contributed by atoms with Crippen LogP contribution in [0.15, 0.2) is 24.7 Å². The summed E-state index contributed by atoms with van der Waals surface area (Å²) in [7, 11) is 0. The van der Waals surface area contributed by atoms with Crippen LogP contribution in [-0.2, 0) is 6.54 Å². The highest BCUT2D eigenvalue weighted by Crippen LogP contribution is 2.19. The fourth-order valence-corrected chi connectivity index (χ4v) is 1.98. The van der Waals surface area contributed by atoms with Gasteiger partial charge in [0.05, 0.1) is 5.69 Å². The van der Waals surface area contributed by atoms with E-state index in [-0.39, 0.29) is 0 Å². The zero-order chi connectivity index (χ0) is 12.5. The van der Waals surface area contributed by atoms with Crippen LogP contribution in [0, 0.1) is 13.8 Å². The summed E-state index contributed by atoms with van der Waals surface area (Å²) in [6.07, 6.45) is 6.34. The van der Waals surface area contributed by atoms with Crippen molar-refractivity contribution in [3.05, 3.63) is 41.6 Å². The Morgan fingerprint density at radius 1 is 1.33 bits per heavy atom. The van der Waals surface area contributed by atoms with E-state index >= 15 is 0 Å². The van der Waals surface area contributed by atoms with Gasteiger partial charge in [-0.15, -0.1) is 0 Å². The van der Waals surface area contributed by atoms with Crippen molar-refractivity contribution in [1.82, 2.24) is 19.9 Å². The van der Waals surface area contributed by atoms with Gasteiger partial charge in [-0.05, 0) is 44.4 Å². The molecular weight excluding hydrogens is 224 g/mol. The topological polar surface area (TPSA) is 42.7 Å². The Bertz CT molecular complexity index is 555. The first-order valence-electron chi connectivity index (χ1n) is 6.43. The summed E-state index contributed by atoms with van der Waals surface area (Å²) in [5, 5.41) is 3.52. The van der Waals surface area contributed by atoms with E-state index in [1.807, 2.05) is 24.0 Å². The lowest BCUT2D eigenvalue weighted by atomic mass is 10.2. The maximum atomic E-state index is 4.42. The Morgan fingerprint density at radius 2 is 2.17 bits per heavy atom. The molecule has 2 aromatic heterocycles. The molecule has 1 aliphatic rings. The number of aromatic nitrogens is 3. The Hall–Kier alpha value is -1.68. The highest BCUT2D eigenvalue weighted by molar-refractivity contribution is 5.31. The van der Waals surface area contributed by atoms with Crippen molar-refractivity contribution >= 4 is 0 Å². The second-order valence-corrected chi connectivity index (χ2v) is 4.96. The summed E-state index contributed by atoms with van der Waals surface area (Å²) in [6.45, 7) is 5.01. The molecule has 1 fully saturated rings. The molecule has 0 spiro atoms. The van der Waals surface area contributed by atoms with E-state index in [4.69, 9.17) is 0 Å². The molecule has 18 heavy (non-hydrogen) atoms. The molecule has 1 aliphatic carbocycles. The van der Waals surface area contributed by atoms with Gasteiger partial charge in [0.1, 0.15) is 12.1 Å². The standard InChI is InChI=1S/C14H18N4/c1-10-11(2)18(9-17-10)14-7-12(5-6-15-14)8-16-13-3-4-13/h5-7,9,13,16H,3-4,8H2,1-2H3. The van der Waals surface area contributed by atoms with Crippen LogP contribution in [0.25, 0.3) is 5.82 Å². The van der Waals surface area contributed by atoms with E-state index in [1.54, 1.807) is 0 Å². The van der Waals surface area contributed by atoms with E-state index < -0.39 is 0 Å². The van der Waals surface area contributed by atoms with Gasteiger partial charge >= 0.3 is 0 Å². The molecule has 0 amide bonds. The molecule has 0 unspecified atom stereocenters. The number of pyridine rings is 1. The quantitative estimate of drug-likeness (QED) is 0.893. The molecule has 0 aliphatic heterocycles. The van der Waals surface area contributed by atoms with Crippen molar-refractivity contribution in [3.63, 3.8) is 0 Å². The highest BCUT2D eigenvalue weighted by Gasteiger charge is 2.19. The minimum absolute atomic E-state index is 0.735. The third kappa shape index (κ3) is 2.29. The lowest BCUT2D eigenvalue weighted by Gasteiger charge is -2.07. The third-order valence-electron chi connectivity index (χ3n) is 3.48. The molecule has 3 rings (SSSR count). The smallest absolute Gasteiger partial charge is 0.138 e. The fourth-order valence-electron chi connectivity index (χ4n) is 1.98. The molecule has 0 radical (unpaired) electrons. The first-order chi connectivity index (χ1) is 8.74. The minimum Gasteiger partial charge on any atom is -0.310 e. The van der Waals surface area contributed by atoms with Crippen LogP contribution in [-0.4, -0.2) is 20.6 Å². The van der Waals surface area contributed by atoms with Crippen LogP contribution in [0.5, 0.6) is 0 Å². The molecule has 0 saturated heterocycles. The molecule has 1 saturated carbocycles. The van der Waals surface area contributed by atoms with E-state index in [0.29, 0.717) is 0 Å². The molecule has 4 heteroatoms. The summed E-state index contributed by atoms with van der Waals surface area (Å²) >= 11 is 0. The van der Waals surface area contributed by atoms with Crippen LogP contribution in [0.4, 0.5) is 0 Å². The molecule has 2 aromatic rings. The van der Waals surface area contributed by atoms with Crippen molar-refractivity contribution in [2.45, 2.75) is 39.3 Å². The van der Waals surface area contributed by atoms with Gasteiger partial charge in [-0.25, -0.2) is 9.97 Å². The number of imidazole rings is 1. The summed E-state index contributed by atoms with van der Waals surface area (Å²) in [4.78, 5) is 8.74. The van der Waals surface area contributed by atoms with Crippen molar-refractivity contribution in [2.75, 3.05) is 0 Å². The van der Waals surface area contributed by atoms with Crippen LogP contribution < -0.4 is 5.32 Å². The number of aryl methyl sites for hydroxylation is 1. The number of hydrogen-bond acceptors (Lipinski definition) is 3. The fraction of sp³-hybridized carbons (Fsp3) is 0.429. The Labute approximate surface area is 107 Å². The van der Waals surface area contributed by atoms with Crippen molar-refractivity contribution < 1.29 is 0 Å². The van der Waals surface area contributed by atoms with Crippen LogP contribution in [0.2, 0.25) is 0 Å². The van der Waals surface area contributed by atoms with Crippen LogP contribution in [0.3, 0.4) is 0 Å². The lowest BCUT2D eigenvalue weighted by molar-refractivity contribution is 0.686. The number of rotatable bonds is 4. The summed E-state index contributed by atoms with van der Waals surface area (Å²) < 4.78 is 2.04. The molecule has 1 N–H and O–H groups in total. The largest absolute Gasteiger partial charge is 0.310 e. The third-order valence-corrected chi connectivity index (χ3v) is 3.48. The number of hydrogen-bond donors (Lipinski definition) is 1. The molecule has 2 heterocycles. The van der Waals surface area contributed by atoms with Gasteiger partial charge in [0.2, 0.25) is 0 Å². The van der Waals surface area contributed by atoms with E-state index in [1.165, 1.54) is 18.4 Å². The summed E-state index contributed by atoms with van der Waals surface area (Å²) in [6, 6.07) is 4.93. The second-order valence-electron chi connectivity index (χ2n) is 4.96. The molecule has 0 aromatic carbocycles. The molecule has 94 valence electrons. The molecule has 0 atom stereocenters. The Kier molecular flexibility index (Phi) is 2.88. The monoisotopic (exact) mass is 242 g/mol. The van der Waals surface area contributed by atoms with Crippen molar-refractivity contribution in [3.8, 4) is 5.82 Å². The average molecular weight is 242 g/mol. The molecular formula is C14H18N4. The highest BCUT2D eigenvalue weighted by atomic mass is 15.1. The summed E-state index contributed by atoms with van der Waals surface area (Å²) in [5.74, 6) is 0.947. The van der Waals surface area contributed by atoms with E-state index in [0.717, 1.165) is 29.8 Å². The SMILES string of the molecule is Cc1ncn(-c2cc(CNC3CC3)ccn2)c1C. The number of nitrogens with zero attached hydrogens (tertiary/aromatic N) is 3. The normalized spacial score (nSPS) is 15.0.